The number of hydrogen-bond donors (Lipinski definition) is 1. The number of hydrogen-bond acceptors (Lipinski definition) is 4. The lowest BCUT2D eigenvalue weighted by atomic mass is 9.96. The molecule has 0 amide bonds. The molecule has 96 valence electrons. The summed E-state index contributed by atoms with van der Waals surface area (Å²) in [4.78, 5) is 11.7. The molecule has 1 rings (SSSR count). The largest absolute Gasteiger partial charge is 0.462 e. The molecule has 0 bridgehead atoms. The molecule has 1 aromatic carbocycles. The minimum Gasteiger partial charge on any atom is -0.462 e. The molecule has 0 heterocycles. The molecule has 18 heavy (non-hydrogen) atoms. The highest BCUT2D eigenvalue weighted by atomic mass is 19.3. The molecule has 0 fully saturated rings. The van der Waals surface area contributed by atoms with Crippen LogP contribution in [-0.4, -0.2) is 12.6 Å². The van der Waals surface area contributed by atoms with E-state index in [4.69, 9.17) is 15.7 Å². The summed E-state index contributed by atoms with van der Waals surface area (Å²) in [5, 5.41) is 8.80. The molecule has 4 nitrogen and oxygen atoms in total. The molecule has 0 unspecified atom stereocenters. The summed E-state index contributed by atoms with van der Waals surface area (Å²) in [7, 11) is 0. The van der Waals surface area contributed by atoms with E-state index in [0.29, 0.717) is 0 Å². The van der Waals surface area contributed by atoms with Crippen molar-refractivity contribution in [2.45, 2.75) is 19.9 Å². The number of esters is 1. The lowest BCUT2D eigenvalue weighted by Gasteiger charge is -2.13. The standard InChI is InChI=1S/C12H12F2N2O2/c1-2-18-12(17)10-8(6-16)4-3-7(5-15)9(10)11(13)14/h3-4,11H,2,6,16H2,1H3. The summed E-state index contributed by atoms with van der Waals surface area (Å²) in [5.74, 6) is -0.884. The van der Waals surface area contributed by atoms with Crippen molar-refractivity contribution in [2.24, 2.45) is 5.73 Å². The van der Waals surface area contributed by atoms with Gasteiger partial charge in [-0.05, 0) is 18.6 Å². The van der Waals surface area contributed by atoms with Crippen molar-refractivity contribution in [2.75, 3.05) is 6.61 Å². The van der Waals surface area contributed by atoms with Crippen LogP contribution < -0.4 is 5.73 Å². The van der Waals surface area contributed by atoms with Gasteiger partial charge in [0.2, 0.25) is 0 Å². The quantitative estimate of drug-likeness (QED) is 0.835. The van der Waals surface area contributed by atoms with Crippen molar-refractivity contribution in [3.05, 3.63) is 34.4 Å². The van der Waals surface area contributed by atoms with E-state index in [2.05, 4.69) is 0 Å². The summed E-state index contributed by atoms with van der Waals surface area (Å²) >= 11 is 0. The lowest BCUT2D eigenvalue weighted by molar-refractivity contribution is 0.0514. The van der Waals surface area contributed by atoms with Gasteiger partial charge in [-0.1, -0.05) is 6.07 Å². The molecular formula is C12H12F2N2O2. The zero-order valence-corrected chi connectivity index (χ0v) is 9.74. The number of halogens is 2. The number of carbonyl (C=O) groups is 1. The number of alkyl halides is 2. The predicted octanol–water partition coefficient (Wildman–Crippen LogP) is 2.13. The summed E-state index contributed by atoms with van der Waals surface area (Å²) < 4.78 is 30.7. The summed E-state index contributed by atoms with van der Waals surface area (Å²) in [5.41, 5.74) is 4.49. The average molecular weight is 254 g/mol. The lowest BCUT2D eigenvalue weighted by Crippen LogP contribution is -2.15. The number of carbonyl (C=O) groups excluding carboxylic acids is 1. The van der Waals surface area contributed by atoms with Crippen LogP contribution in [0.2, 0.25) is 0 Å². The van der Waals surface area contributed by atoms with E-state index in [-0.39, 0.29) is 29.8 Å². The van der Waals surface area contributed by atoms with Crippen molar-refractivity contribution < 1.29 is 18.3 Å². The van der Waals surface area contributed by atoms with Gasteiger partial charge in [-0.15, -0.1) is 0 Å². The third kappa shape index (κ3) is 2.63. The van der Waals surface area contributed by atoms with Crippen molar-refractivity contribution in [1.29, 1.82) is 5.26 Å². The molecule has 0 aromatic heterocycles. The highest BCUT2D eigenvalue weighted by molar-refractivity contribution is 5.93. The summed E-state index contributed by atoms with van der Waals surface area (Å²) in [6.45, 7) is 1.54. The molecule has 0 saturated heterocycles. The van der Waals surface area contributed by atoms with Gasteiger partial charge in [-0.25, -0.2) is 13.6 Å². The number of ether oxygens (including phenoxy) is 1. The van der Waals surface area contributed by atoms with Crippen LogP contribution in [0.3, 0.4) is 0 Å². The Morgan fingerprint density at radius 3 is 2.67 bits per heavy atom. The van der Waals surface area contributed by atoms with E-state index in [1.165, 1.54) is 12.1 Å². The molecule has 0 atom stereocenters. The maximum atomic E-state index is 13.0. The molecular weight excluding hydrogens is 242 g/mol. The Hall–Kier alpha value is -2.00. The number of rotatable bonds is 4. The second kappa shape index (κ2) is 6.07. The van der Waals surface area contributed by atoms with Gasteiger partial charge in [-0.3, -0.25) is 0 Å². The minimum absolute atomic E-state index is 0.0578. The third-order valence-electron chi connectivity index (χ3n) is 2.37. The Morgan fingerprint density at radius 2 is 2.22 bits per heavy atom. The number of nitriles is 1. The first-order valence-electron chi connectivity index (χ1n) is 5.28. The van der Waals surface area contributed by atoms with E-state index in [1.54, 1.807) is 13.0 Å². The zero-order chi connectivity index (χ0) is 13.7. The number of nitrogens with two attached hydrogens (primary N) is 1. The molecule has 0 spiro atoms. The Labute approximate surface area is 103 Å². The van der Waals surface area contributed by atoms with Crippen LogP contribution in [0.5, 0.6) is 0 Å². The fourth-order valence-electron chi connectivity index (χ4n) is 1.60. The van der Waals surface area contributed by atoms with Gasteiger partial charge in [0.25, 0.3) is 6.43 Å². The van der Waals surface area contributed by atoms with Crippen molar-refractivity contribution >= 4 is 5.97 Å². The van der Waals surface area contributed by atoms with Crippen LogP contribution in [0.4, 0.5) is 8.78 Å². The monoisotopic (exact) mass is 254 g/mol. The molecule has 0 radical (unpaired) electrons. The van der Waals surface area contributed by atoms with E-state index >= 15 is 0 Å². The zero-order valence-electron chi connectivity index (χ0n) is 9.74. The van der Waals surface area contributed by atoms with Gasteiger partial charge < -0.3 is 10.5 Å². The van der Waals surface area contributed by atoms with Gasteiger partial charge in [0.05, 0.1) is 29.4 Å². The second-order valence-electron chi connectivity index (χ2n) is 3.40. The van der Waals surface area contributed by atoms with Crippen LogP contribution in [0.25, 0.3) is 0 Å². The maximum Gasteiger partial charge on any atom is 0.338 e. The average Bonchev–Trinajstić information content (AvgIpc) is 2.36. The summed E-state index contributed by atoms with van der Waals surface area (Å²) in [6.07, 6.45) is -2.94. The van der Waals surface area contributed by atoms with Crippen molar-refractivity contribution in [3.8, 4) is 6.07 Å². The third-order valence-corrected chi connectivity index (χ3v) is 2.37. The number of benzene rings is 1. The Bertz CT molecular complexity index is 496. The van der Waals surface area contributed by atoms with Gasteiger partial charge in [0, 0.05) is 6.54 Å². The topological polar surface area (TPSA) is 76.1 Å². The Morgan fingerprint density at radius 1 is 1.56 bits per heavy atom. The maximum absolute atomic E-state index is 13.0. The van der Waals surface area contributed by atoms with Gasteiger partial charge in [0.15, 0.2) is 0 Å². The van der Waals surface area contributed by atoms with Crippen LogP contribution in [0.1, 0.15) is 40.4 Å². The molecule has 2 N–H and O–H groups in total. The van der Waals surface area contributed by atoms with E-state index in [1.807, 2.05) is 0 Å². The fraction of sp³-hybridized carbons (Fsp3) is 0.333. The first kappa shape index (κ1) is 14.1. The normalized spacial score (nSPS) is 10.2. The van der Waals surface area contributed by atoms with Crippen LogP contribution in [0, 0.1) is 11.3 Å². The minimum atomic E-state index is -2.94. The van der Waals surface area contributed by atoms with E-state index < -0.39 is 18.0 Å². The summed E-state index contributed by atoms with van der Waals surface area (Å²) in [6, 6.07) is 4.25. The fourth-order valence-corrected chi connectivity index (χ4v) is 1.60. The number of nitrogens with zero attached hydrogens (tertiary/aromatic N) is 1. The second-order valence-corrected chi connectivity index (χ2v) is 3.40. The molecule has 1 aromatic rings. The Kier molecular flexibility index (Phi) is 4.75. The van der Waals surface area contributed by atoms with Crippen molar-refractivity contribution in [1.82, 2.24) is 0 Å². The molecule has 0 saturated carbocycles. The first-order chi connectivity index (χ1) is 8.56. The SMILES string of the molecule is CCOC(=O)c1c(CN)ccc(C#N)c1C(F)F. The first-order valence-corrected chi connectivity index (χ1v) is 5.28. The van der Waals surface area contributed by atoms with Gasteiger partial charge in [0.1, 0.15) is 0 Å². The highest BCUT2D eigenvalue weighted by Crippen LogP contribution is 2.29. The predicted molar refractivity (Wildman–Crippen MR) is 60.0 cm³/mol. The van der Waals surface area contributed by atoms with Gasteiger partial charge in [-0.2, -0.15) is 5.26 Å². The van der Waals surface area contributed by atoms with Gasteiger partial charge >= 0.3 is 5.97 Å². The Balaban J connectivity index is 3.51. The highest BCUT2D eigenvalue weighted by Gasteiger charge is 2.26. The van der Waals surface area contributed by atoms with E-state index in [9.17, 15) is 13.6 Å². The molecule has 6 heteroatoms. The molecule has 0 aliphatic carbocycles. The molecule has 0 aliphatic rings. The molecule has 0 aliphatic heterocycles. The van der Waals surface area contributed by atoms with Crippen LogP contribution in [-0.2, 0) is 11.3 Å². The van der Waals surface area contributed by atoms with Crippen LogP contribution in [0.15, 0.2) is 12.1 Å². The van der Waals surface area contributed by atoms with E-state index in [0.717, 1.165) is 0 Å². The smallest absolute Gasteiger partial charge is 0.338 e. The van der Waals surface area contributed by atoms with Crippen molar-refractivity contribution in [3.63, 3.8) is 0 Å². The van der Waals surface area contributed by atoms with Crippen LogP contribution >= 0.6 is 0 Å².